The average Bonchev–Trinajstić information content (AvgIpc) is 2.27. The molecular formula is C12H16ClNO2. The molecule has 0 saturated carbocycles. The molecule has 1 N–H and O–H groups in total. The number of hydrogen-bond donors (Lipinski definition) is 1. The van der Waals surface area contributed by atoms with E-state index in [2.05, 4.69) is 5.32 Å². The van der Waals surface area contributed by atoms with Crippen molar-refractivity contribution in [3.05, 3.63) is 34.9 Å². The summed E-state index contributed by atoms with van der Waals surface area (Å²) in [5, 5.41) is 3.72. The molecule has 1 atom stereocenters. The van der Waals surface area contributed by atoms with Crippen LogP contribution in [0.15, 0.2) is 24.3 Å². The van der Waals surface area contributed by atoms with Crippen LogP contribution >= 0.6 is 11.6 Å². The lowest BCUT2D eigenvalue weighted by molar-refractivity contribution is -0.143. The zero-order chi connectivity index (χ0) is 12.0. The number of hydrogen-bond acceptors (Lipinski definition) is 3. The normalized spacial score (nSPS) is 12.2. The highest BCUT2D eigenvalue weighted by atomic mass is 35.5. The van der Waals surface area contributed by atoms with Crippen LogP contribution in [0.1, 0.15) is 24.9 Å². The van der Waals surface area contributed by atoms with Crippen LogP contribution in [-0.2, 0) is 9.53 Å². The molecular weight excluding hydrogens is 226 g/mol. The zero-order valence-corrected chi connectivity index (χ0v) is 10.3. The molecule has 3 nitrogen and oxygen atoms in total. The Morgan fingerprint density at radius 1 is 1.50 bits per heavy atom. The molecule has 0 heterocycles. The minimum absolute atomic E-state index is 0.104. The zero-order valence-electron chi connectivity index (χ0n) is 9.50. The molecule has 0 aliphatic carbocycles. The van der Waals surface area contributed by atoms with Crippen molar-refractivity contribution in [1.82, 2.24) is 5.32 Å². The van der Waals surface area contributed by atoms with Crippen molar-refractivity contribution in [3.63, 3.8) is 0 Å². The van der Waals surface area contributed by atoms with Crippen LogP contribution in [0.3, 0.4) is 0 Å². The summed E-state index contributed by atoms with van der Waals surface area (Å²) in [6.07, 6.45) is 0.286. The van der Waals surface area contributed by atoms with Crippen LogP contribution in [-0.4, -0.2) is 19.6 Å². The predicted molar refractivity (Wildman–Crippen MR) is 64.5 cm³/mol. The fourth-order valence-corrected chi connectivity index (χ4v) is 1.78. The van der Waals surface area contributed by atoms with Crippen LogP contribution < -0.4 is 5.32 Å². The van der Waals surface area contributed by atoms with Gasteiger partial charge in [0.05, 0.1) is 13.0 Å². The van der Waals surface area contributed by atoms with E-state index in [9.17, 15) is 4.79 Å². The Kier molecular flexibility index (Phi) is 5.29. The predicted octanol–water partition coefficient (Wildman–Crippen LogP) is 2.55. The molecule has 0 saturated heterocycles. The Morgan fingerprint density at radius 2 is 2.19 bits per heavy atom. The molecule has 4 heteroatoms. The smallest absolute Gasteiger partial charge is 0.307 e. The van der Waals surface area contributed by atoms with Crippen LogP contribution in [0, 0.1) is 0 Å². The lowest BCUT2D eigenvalue weighted by Crippen LogP contribution is -2.21. The number of nitrogens with one attached hydrogen (secondary N) is 1. The van der Waals surface area contributed by atoms with Gasteiger partial charge in [-0.05, 0) is 25.6 Å². The summed E-state index contributed by atoms with van der Waals surface area (Å²) in [6.45, 7) is 2.19. The molecule has 0 amide bonds. The first kappa shape index (κ1) is 13.0. The topological polar surface area (TPSA) is 38.3 Å². The Hall–Kier alpha value is -1.06. The van der Waals surface area contributed by atoms with Gasteiger partial charge in [-0.1, -0.05) is 29.8 Å². The van der Waals surface area contributed by atoms with Crippen LogP contribution in [0.5, 0.6) is 0 Å². The van der Waals surface area contributed by atoms with Gasteiger partial charge in [0.1, 0.15) is 0 Å². The van der Waals surface area contributed by atoms with Crippen molar-refractivity contribution in [2.45, 2.75) is 19.4 Å². The number of carbonyl (C=O) groups excluding carboxylic acids is 1. The van der Waals surface area contributed by atoms with Gasteiger partial charge in [0, 0.05) is 11.1 Å². The molecule has 0 spiro atoms. The molecule has 1 rings (SSSR count). The van der Waals surface area contributed by atoms with Crippen LogP contribution in [0.2, 0.25) is 5.02 Å². The second-order valence-corrected chi connectivity index (χ2v) is 3.78. The van der Waals surface area contributed by atoms with Crippen LogP contribution in [0.4, 0.5) is 0 Å². The highest BCUT2D eigenvalue weighted by Gasteiger charge is 2.16. The SMILES string of the molecule is CCOC(=O)C[C@H](NC)c1ccccc1Cl. The number of rotatable bonds is 5. The highest BCUT2D eigenvalue weighted by molar-refractivity contribution is 6.31. The largest absolute Gasteiger partial charge is 0.466 e. The van der Waals surface area contributed by atoms with Crippen molar-refractivity contribution < 1.29 is 9.53 Å². The van der Waals surface area contributed by atoms with Crippen LogP contribution in [0.25, 0.3) is 0 Å². The molecule has 16 heavy (non-hydrogen) atoms. The van der Waals surface area contributed by atoms with Gasteiger partial charge in [-0.25, -0.2) is 0 Å². The van der Waals surface area contributed by atoms with Crippen molar-refractivity contribution in [2.75, 3.05) is 13.7 Å². The summed E-state index contributed by atoms with van der Waals surface area (Å²) in [5.41, 5.74) is 0.916. The summed E-state index contributed by atoms with van der Waals surface area (Å²) >= 11 is 6.07. The molecule has 0 bridgehead atoms. The van der Waals surface area contributed by atoms with E-state index < -0.39 is 0 Å². The molecule has 0 radical (unpaired) electrons. The second-order valence-electron chi connectivity index (χ2n) is 3.37. The maximum Gasteiger partial charge on any atom is 0.307 e. The number of benzene rings is 1. The van der Waals surface area contributed by atoms with Crippen molar-refractivity contribution in [1.29, 1.82) is 0 Å². The molecule has 1 aromatic carbocycles. The Balaban J connectivity index is 2.75. The third-order valence-electron chi connectivity index (χ3n) is 2.31. The Morgan fingerprint density at radius 3 is 2.75 bits per heavy atom. The van der Waals surface area contributed by atoms with E-state index in [0.29, 0.717) is 11.6 Å². The highest BCUT2D eigenvalue weighted by Crippen LogP contribution is 2.24. The maximum absolute atomic E-state index is 11.4. The first-order valence-electron chi connectivity index (χ1n) is 5.26. The van der Waals surface area contributed by atoms with E-state index in [4.69, 9.17) is 16.3 Å². The second kappa shape index (κ2) is 6.51. The summed E-state index contributed by atoms with van der Waals surface area (Å²) in [5.74, 6) is -0.221. The third-order valence-corrected chi connectivity index (χ3v) is 2.65. The average molecular weight is 242 g/mol. The standard InChI is InChI=1S/C12H16ClNO2/c1-3-16-12(15)8-11(14-2)9-6-4-5-7-10(9)13/h4-7,11,14H,3,8H2,1-2H3/t11-/m0/s1. The van der Waals surface area contributed by atoms with Gasteiger partial charge in [-0.2, -0.15) is 0 Å². The monoisotopic (exact) mass is 241 g/mol. The van der Waals surface area contributed by atoms with Crippen molar-refractivity contribution >= 4 is 17.6 Å². The number of ether oxygens (including phenoxy) is 1. The molecule has 0 aromatic heterocycles. The molecule has 0 aliphatic heterocycles. The van der Waals surface area contributed by atoms with E-state index in [1.807, 2.05) is 24.3 Å². The number of carbonyl (C=O) groups is 1. The van der Waals surface area contributed by atoms with Crippen molar-refractivity contribution in [3.8, 4) is 0 Å². The quantitative estimate of drug-likeness (QED) is 0.806. The van der Waals surface area contributed by atoms with Gasteiger partial charge in [0.25, 0.3) is 0 Å². The minimum atomic E-state index is -0.221. The Bertz CT molecular complexity index is 355. The Labute approximate surface area is 101 Å². The molecule has 0 aliphatic rings. The van der Waals surface area contributed by atoms with E-state index >= 15 is 0 Å². The number of halogens is 1. The third kappa shape index (κ3) is 3.51. The van der Waals surface area contributed by atoms with Gasteiger partial charge >= 0.3 is 5.97 Å². The van der Waals surface area contributed by atoms with E-state index in [-0.39, 0.29) is 18.4 Å². The van der Waals surface area contributed by atoms with Gasteiger partial charge in [0.2, 0.25) is 0 Å². The molecule has 88 valence electrons. The van der Waals surface area contributed by atoms with Gasteiger partial charge in [0.15, 0.2) is 0 Å². The molecule has 0 fully saturated rings. The number of esters is 1. The lowest BCUT2D eigenvalue weighted by Gasteiger charge is -2.16. The maximum atomic E-state index is 11.4. The van der Waals surface area contributed by atoms with E-state index in [0.717, 1.165) is 5.56 Å². The first-order chi connectivity index (χ1) is 7.69. The first-order valence-corrected chi connectivity index (χ1v) is 5.64. The molecule has 0 unspecified atom stereocenters. The fraction of sp³-hybridized carbons (Fsp3) is 0.417. The lowest BCUT2D eigenvalue weighted by atomic mass is 10.0. The van der Waals surface area contributed by atoms with Gasteiger partial charge < -0.3 is 10.1 Å². The fourth-order valence-electron chi connectivity index (χ4n) is 1.51. The molecule has 1 aromatic rings. The van der Waals surface area contributed by atoms with Crippen molar-refractivity contribution in [2.24, 2.45) is 0 Å². The minimum Gasteiger partial charge on any atom is -0.466 e. The summed E-state index contributed by atoms with van der Waals surface area (Å²) in [4.78, 5) is 11.4. The summed E-state index contributed by atoms with van der Waals surface area (Å²) in [7, 11) is 1.80. The summed E-state index contributed by atoms with van der Waals surface area (Å²) < 4.78 is 4.91. The van der Waals surface area contributed by atoms with Gasteiger partial charge in [-0.15, -0.1) is 0 Å². The van der Waals surface area contributed by atoms with E-state index in [1.165, 1.54) is 0 Å². The summed E-state index contributed by atoms with van der Waals surface area (Å²) in [6, 6.07) is 7.38. The van der Waals surface area contributed by atoms with Gasteiger partial charge in [-0.3, -0.25) is 4.79 Å². The van der Waals surface area contributed by atoms with E-state index in [1.54, 1.807) is 14.0 Å².